The van der Waals surface area contributed by atoms with Gasteiger partial charge in [-0.05, 0) is 48.6 Å². The van der Waals surface area contributed by atoms with Crippen LogP contribution in [-0.2, 0) is 12.6 Å². The molecule has 2 heterocycles. The number of alkyl halides is 3. The predicted octanol–water partition coefficient (Wildman–Crippen LogP) is 5.19. The summed E-state index contributed by atoms with van der Waals surface area (Å²) in [5, 5.41) is 5.89. The highest BCUT2D eigenvalue weighted by Gasteiger charge is 2.33. The monoisotopic (exact) mass is 505 g/mol. The van der Waals surface area contributed by atoms with Gasteiger partial charge in [-0.1, -0.05) is 24.3 Å². The number of methoxy groups -OCH3 is 1. The molecule has 0 unspecified atom stereocenters. The van der Waals surface area contributed by atoms with Gasteiger partial charge in [0.2, 0.25) is 5.13 Å². The first-order valence-corrected chi connectivity index (χ1v) is 12.0. The molecule has 1 aromatic heterocycles. The number of benzene rings is 2. The number of urea groups is 1. The van der Waals surface area contributed by atoms with Crippen LogP contribution in [0.25, 0.3) is 0 Å². The molecule has 1 aliphatic rings. The van der Waals surface area contributed by atoms with E-state index >= 15 is 0 Å². The Morgan fingerprint density at radius 1 is 1.17 bits per heavy atom. The Bertz CT molecular complexity index is 1150. The van der Waals surface area contributed by atoms with Crippen LogP contribution in [0, 0.1) is 5.92 Å². The molecule has 2 aromatic carbocycles. The summed E-state index contributed by atoms with van der Waals surface area (Å²) in [6.45, 7) is 1.95. The molecule has 4 rings (SSSR count). The molecule has 0 aliphatic carbocycles. The zero-order valence-corrected chi connectivity index (χ0v) is 20.0. The van der Waals surface area contributed by atoms with E-state index in [1.165, 1.54) is 29.7 Å². The van der Waals surface area contributed by atoms with Crippen molar-refractivity contribution in [3.05, 3.63) is 65.5 Å². The van der Waals surface area contributed by atoms with Gasteiger partial charge < -0.3 is 20.3 Å². The standard InChI is InChI=1S/C24H26F3N5O2S/c1-34-18-6-4-5-17(13-18)14-21-30-23(35-31-21)32-11-9-16(10-12-32)15-28-22(33)29-20-8-3-2-7-19(20)24(25,26)27/h2-8,13,16H,9-12,14-15H2,1H3,(H2,28,29,33). The Hall–Kier alpha value is -3.34. The molecule has 2 N–H and O–H groups in total. The van der Waals surface area contributed by atoms with Gasteiger partial charge in [0.1, 0.15) is 11.6 Å². The quantitative estimate of drug-likeness (QED) is 0.462. The molecule has 0 bridgehead atoms. The van der Waals surface area contributed by atoms with Crippen molar-refractivity contribution in [1.82, 2.24) is 14.7 Å². The first kappa shape index (κ1) is 24.8. The maximum Gasteiger partial charge on any atom is 0.418 e. The number of nitrogens with zero attached hydrogens (tertiary/aromatic N) is 3. The van der Waals surface area contributed by atoms with Gasteiger partial charge in [0.15, 0.2) is 0 Å². The number of para-hydroxylation sites is 1. The zero-order chi connectivity index (χ0) is 24.8. The first-order valence-electron chi connectivity index (χ1n) is 11.2. The molecule has 35 heavy (non-hydrogen) atoms. The SMILES string of the molecule is COc1cccc(Cc2nsc(N3CCC(CNC(=O)Nc4ccccc4C(F)(F)F)CC3)n2)c1. The number of piperidine rings is 1. The normalized spacial score (nSPS) is 14.6. The fraction of sp³-hybridized carbons (Fsp3) is 0.375. The van der Waals surface area contributed by atoms with E-state index < -0.39 is 17.8 Å². The van der Waals surface area contributed by atoms with Crippen molar-refractivity contribution < 1.29 is 22.7 Å². The van der Waals surface area contributed by atoms with Crippen LogP contribution in [-0.4, -0.2) is 42.1 Å². The van der Waals surface area contributed by atoms with E-state index in [9.17, 15) is 18.0 Å². The number of amides is 2. The summed E-state index contributed by atoms with van der Waals surface area (Å²) in [5.41, 5.74) is -0.0470. The molecule has 1 aliphatic heterocycles. The summed E-state index contributed by atoms with van der Waals surface area (Å²) >= 11 is 1.37. The first-order chi connectivity index (χ1) is 16.8. The Balaban J connectivity index is 1.24. The van der Waals surface area contributed by atoms with Crippen LogP contribution in [0.5, 0.6) is 5.75 Å². The minimum Gasteiger partial charge on any atom is -0.497 e. The van der Waals surface area contributed by atoms with Crippen LogP contribution in [0.4, 0.5) is 28.8 Å². The highest BCUT2D eigenvalue weighted by Crippen LogP contribution is 2.34. The zero-order valence-electron chi connectivity index (χ0n) is 19.1. The molecule has 7 nitrogen and oxygen atoms in total. The van der Waals surface area contributed by atoms with E-state index in [2.05, 4.69) is 24.9 Å². The number of ether oxygens (including phenoxy) is 1. The van der Waals surface area contributed by atoms with Crippen LogP contribution in [0.3, 0.4) is 0 Å². The Morgan fingerprint density at radius 2 is 1.94 bits per heavy atom. The van der Waals surface area contributed by atoms with Crippen LogP contribution >= 0.6 is 11.5 Å². The Kier molecular flexibility index (Phi) is 7.74. The summed E-state index contributed by atoms with van der Waals surface area (Å²) in [6, 6.07) is 12.1. The van der Waals surface area contributed by atoms with Crippen molar-refractivity contribution in [3.8, 4) is 5.75 Å². The Labute approximate surface area is 205 Å². The molecule has 0 spiro atoms. The number of rotatable bonds is 7. The van der Waals surface area contributed by atoms with Gasteiger partial charge in [0, 0.05) is 37.6 Å². The second kappa shape index (κ2) is 10.9. The van der Waals surface area contributed by atoms with Crippen LogP contribution in [0.15, 0.2) is 48.5 Å². The largest absolute Gasteiger partial charge is 0.497 e. The number of nitrogens with one attached hydrogen (secondary N) is 2. The molecule has 11 heteroatoms. The Morgan fingerprint density at radius 3 is 2.69 bits per heavy atom. The van der Waals surface area contributed by atoms with Crippen molar-refractivity contribution in [1.29, 1.82) is 0 Å². The molecule has 3 aromatic rings. The van der Waals surface area contributed by atoms with E-state index in [4.69, 9.17) is 4.74 Å². The highest BCUT2D eigenvalue weighted by molar-refractivity contribution is 7.09. The molecular formula is C24H26F3N5O2S. The second-order valence-electron chi connectivity index (χ2n) is 8.33. The number of carbonyl (C=O) groups excluding carboxylic acids is 1. The fourth-order valence-corrected chi connectivity index (χ4v) is 4.72. The van der Waals surface area contributed by atoms with Gasteiger partial charge in [-0.25, -0.2) is 9.78 Å². The number of halogens is 3. The number of hydrogen-bond acceptors (Lipinski definition) is 6. The van der Waals surface area contributed by atoms with Crippen LogP contribution in [0.1, 0.15) is 29.8 Å². The van der Waals surface area contributed by atoms with Gasteiger partial charge in [-0.15, -0.1) is 0 Å². The van der Waals surface area contributed by atoms with Crippen molar-refractivity contribution in [3.63, 3.8) is 0 Å². The molecule has 0 atom stereocenters. The lowest BCUT2D eigenvalue weighted by molar-refractivity contribution is -0.136. The molecule has 0 saturated carbocycles. The second-order valence-corrected chi connectivity index (χ2v) is 9.06. The summed E-state index contributed by atoms with van der Waals surface area (Å²) < 4.78 is 49.1. The number of carbonyl (C=O) groups is 1. The van der Waals surface area contributed by atoms with Gasteiger partial charge in [-0.2, -0.15) is 17.5 Å². The van der Waals surface area contributed by atoms with E-state index in [-0.39, 0.29) is 11.6 Å². The number of hydrogen-bond donors (Lipinski definition) is 2. The van der Waals surface area contributed by atoms with Crippen molar-refractivity contribution >= 4 is 28.4 Å². The van der Waals surface area contributed by atoms with E-state index in [0.29, 0.717) is 13.0 Å². The smallest absolute Gasteiger partial charge is 0.418 e. The lowest BCUT2D eigenvalue weighted by atomic mass is 9.97. The summed E-state index contributed by atoms with van der Waals surface area (Å²) in [4.78, 5) is 19.1. The van der Waals surface area contributed by atoms with Gasteiger partial charge in [0.25, 0.3) is 0 Å². The van der Waals surface area contributed by atoms with Crippen LogP contribution < -0.4 is 20.3 Å². The lowest BCUT2D eigenvalue weighted by Gasteiger charge is -2.31. The number of anilines is 2. The van der Waals surface area contributed by atoms with Crippen molar-refractivity contribution in [2.45, 2.75) is 25.4 Å². The lowest BCUT2D eigenvalue weighted by Crippen LogP contribution is -2.40. The summed E-state index contributed by atoms with van der Waals surface area (Å²) in [5.74, 6) is 1.80. The average molecular weight is 506 g/mol. The summed E-state index contributed by atoms with van der Waals surface area (Å²) in [7, 11) is 1.64. The van der Waals surface area contributed by atoms with Crippen LogP contribution in [0.2, 0.25) is 0 Å². The fourth-order valence-electron chi connectivity index (χ4n) is 3.98. The van der Waals surface area contributed by atoms with Crippen molar-refractivity contribution in [2.75, 3.05) is 37.0 Å². The molecular weight excluding hydrogens is 479 g/mol. The highest BCUT2D eigenvalue weighted by atomic mass is 32.1. The third-order valence-corrected chi connectivity index (χ3v) is 6.69. The molecule has 0 radical (unpaired) electrons. The topological polar surface area (TPSA) is 79.4 Å². The third-order valence-electron chi connectivity index (χ3n) is 5.87. The van der Waals surface area contributed by atoms with Gasteiger partial charge in [0.05, 0.1) is 18.4 Å². The summed E-state index contributed by atoms with van der Waals surface area (Å²) in [6.07, 6.45) is -2.23. The van der Waals surface area contributed by atoms with Gasteiger partial charge >= 0.3 is 12.2 Å². The molecule has 1 saturated heterocycles. The number of aromatic nitrogens is 2. The van der Waals surface area contributed by atoms with E-state index in [0.717, 1.165) is 54.3 Å². The predicted molar refractivity (Wildman–Crippen MR) is 129 cm³/mol. The molecule has 1 fully saturated rings. The minimum absolute atomic E-state index is 0.235. The van der Waals surface area contributed by atoms with E-state index in [1.807, 2.05) is 24.3 Å². The van der Waals surface area contributed by atoms with E-state index in [1.54, 1.807) is 7.11 Å². The average Bonchev–Trinajstić information content (AvgIpc) is 3.31. The molecule has 186 valence electrons. The minimum atomic E-state index is -4.53. The maximum absolute atomic E-state index is 13.1. The molecule has 2 amide bonds. The van der Waals surface area contributed by atoms with Gasteiger partial charge in [-0.3, -0.25) is 0 Å². The third kappa shape index (κ3) is 6.62. The maximum atomic E-state index is 13.1. The van der Waals surface area contributed by atoms with Crippen molar-refractivity contribution in [2.24, 2.45) is 5.92 Å².